The van der Waals surface area contributed by atoms with Gasteiger partial charge in [-0.25, -0.2) is 4.79 Å². The maximum atomic E-state index is 12.2. The second-order valence-corrected chi connectivity index (χ2v) is 5.79. The summed E-state index contributed by atoms with van der Waals surface area (Å²) in [5.41, 5.74) is 0.654. The summed E-state index contributed by atoms with van der Waals surface area (Å²) in [5, 5.41) is 11.9. The predicted molar refractivity (Wildman–Crippen MR) is 72.3 cm³/mol. The number of amides is 1. The quantitative estimate of drug-likeness (QED) is 0.879. The van der Waals surface area contributed by atoms with Gasteiger partial charge in [0.1, 0.15) is 0 Å². The summed E-state index contributed by atoms with van der Waals surface area (Å²) in [6.45, 7) is 4.30. The largest absolute Gasteiger partial charge is 0.478 e. The second-order valence-electron chi connectivity index (χ2n) is 5.79. The Bertz CT molecular complexity index is 508. The van der Waals surface area contributed by atoms with Crippen LogP contribution in [-0.2, 0) is 0 Å². The van der Waals surface area contributed by atoms with E-state index in [2.05, 4.69) is 19.2 Å². The molecular weight excluding hydrogens is 242 g/mol. The molecule has 1 unspecified atom stereocenters. The fourth-order valence-electron chi connectivity index (χ4n) is 2.63. The molecule has 1 aromatic carbocycles. The van der Waals surface area contributed by atoms with Crippen molar-refractivity contribution in [2.75, 3.05) is 0 Å². The minimum absolute atomic E-state index is 0.111. The molecule has 1 fully saturated rings. The highest BCUT2D eigenvalue weighted by molar-refractivity contribution is 5.97. The zero-order valence-electron chi connectivity index (χ0n) is 11.3. The van der Waals surface area contributed by atoms with Crippen molar-refractivity contribution in [3.63, 3.8) is 0 Å². The van der Waals surface area contributed by atoms with E-state index in [1.54, 1.807) is 12.1 Å². The maximum absolute atomic E-state index is 12.2. The standard InChI is InChI=1S/C15H19NO3/c1-15(2)8-4-7-12(15)16-13(17)10-5-3-6-11(9-10)14(18)19/h3,5-6,9,12H,4,7-8H2,1-2H3,(H,16,17)(H,18,19). The Morgan fingerprint density at radius 2 is 2.00 bits per heavy atom. The molecule has 0 saturated heterocycles. The molecule has 1 aliphatic carbocycles. The molecule has 1 amide bonds. The number of rotatable bonds is 3. The molecule has 4 heteroatoms. The third-order valence-electron chi connectivity index (χ3n) is 3.93. The lowest BCUT2D eigenvalue weighted by molar-refractivity contribution is 0.0697. The van der Waals surface area contributed by atoms with Crippen LogP contribution in [0.2, 0.25) is 0 Å². The maximum Gasteiger partial charge on any atom is 0.335 e. The van der Waals surface area contributed by atoms with Crippen molar-refractivity contribution in [1.29, 1.82) is 0 Å². The van der Waals surface area contributed by atoms with Crippen molar-refractivity contribution in [3.05, 3.63) is 35.4 Å². The van der Waals surface area contributed by atoms with Crippen LogP contribution < -0.4 is 5.32 Å². The van der Waals surface area contributed by atoms with Crippen LogP contribution in [0.25, 0.3) is 0 Å². The highest BCUT2D eigenvalue weighted by Gasteiger charge is 2.35. The third-order valence-corrected chi connectivity index (χ3v) is 3.93. The lowest BCUT2D eigenvalue weighted by atomic mass is 9.87. The van der Waals surface area contributed by atoms with E-state index in [0.29, 0.717) is 5.56 Å². The number of carbonyl (C=O) groups is 2. The minimum Gasteiger partial charge on any atom is -0.478 e. The van der Waals surface area contributed by atoms with E-state index in [0.717, 1.165) is 19.3 Å². The van der Waals surface area contributed by atoms with Crippen LogP contribution in [0.5, 0.6) is 0 Å². The van der Waals surface area contributed by atoms with E-state index in [9.17, 15) is 9.59 Å². The normalized spacial score (nSPS) is 21.1. The van der Waals surface area contributed by atoms with Gasteiger partial charge in [-0.1, -0.05) is 26.3 Å². The predicted octanol–water partition coefficient (Wildman–Crippen LogP) is 2.69. The fraction of sp³-hybridized carbons (Fsp3) is 0.467. The molecule has 0 spiro atoms. The number of hydrogen-bond donors (Lipinski definition) is 2. The molecule has 0 bridgehead atoms. The molecule has 1 atom stereocenters. The topological polar surface area (TPSA) is 66.4 Å². The van der Waals surface area contributed by atoms with E-state index in [4.69, 9.17) is 5.11 Å². The first kappa shape index (κ1) is 13.6. The summed E-state index contributed by atoms with van der Waals surface area (Å²) in [6, 6.07) is 6.30. The number of aromatic carboxylic acids is 1. The molecule has 19 heavy (non-hydrogen) atoms. The molecule has 0 radical (unpaired) electrons. The second kappa shape index (κ2) is 5.03. The summed E-state index contributed by atoms with van der Waals surface area (Å²) >= 11 is 0. The van der Waals surface area contributed by atoms with Crippen molar-refractivity contribution in [2.45, 2.75) is 39.2 Å². The molecule has 2 N–H and O–H groups in total. The zero-order valence-corrected chi connectivity index (χ0v) is 11.3. The minimum atomic E-state index is -1.02. The van der Waals surface area contributed by atoms with Gasteiger partial charge in [-0.05, 0) is 36.5 Å². The molecular formula is C15H19NO3. The fourth-order valence-corrected chi connectivity index (χ4v) is 2.63. The Morgan fingerprint density at radius 1 is 1.32 bits per heavy atom. The SMILES string of the molecule is CC1(C)CCCC1NC(=O)c1cccc(C(=O)O)c1. The summed E-state index contributed by atoms with van der Waals surface area (Å²) in [5.74, 6) is -1.21. The first-order valence-corrected chi connectivity index (χ1v) is 6.54. The van der Waals surface area contributed by atoms with Gasteiger partial charge in [-0.3, -0.25) is 4.79 Å². The number of carbonyl (C=O) groups excluding carboxylic acids is 1. The van der Waals surface area contributed by atoms with Gasteiger partial charge in [-0.15, -0.1) is 0 Å². The molecule has 1 aliphatic rings. The van der Waals surface area contributed by atoms with E-state index in [-0.39, 0.29) is 22.9 Å². The van der Waals surface area contributed by atoms with Gasteiger partial charge in [0, 0.05) is 11.6 Å². The Hall–Kier alpha value is -1.84. The average Bonchev–Trinajstić information content (AvgIpc) is 2.69. The Balaban J connectivity index is 2.12. The van der Waals surface area contributed by atoms with E-state index in [1.807, 2.05) is 0 Å². The molecule has 102 valence electrons. The van der Waals surface area contributed by atoms with Crippen LogP contribution >= 0.6 is 0 Å². The Labute approximate surface area is 112 Å². The monoisotopic (exact) mass is 261 g/mol. The molecule has 0 heterocycles. The van der Waals surface area contributed by atoms with Gasteiger partial charge in [0.05, 0.1) is 5.56 Å². The number of hydrogen-bond acceptors (Lipinski definition) is 2. The first-order chi connectivity index (χ1) is 8.90. The van der Waals surface area contributed by atoms with Crippen LogP contribution in [0.1, 0.15) is 53.8 Å². The summed E-state index contributed by atoms with van der Waals surface area (Å²) in [6.07, 6.45) is 3.21. The molecule has 1 aromatic rings. The highest BCUT2D eigenvalue weighted by atomic mass is 16.4. The van der Waals surface area contributed by atoms with Crippen molar-refractivity contribution < 1.29 is 14.7 Å². The molecule has 0 aliphatic heterocycles. The van der Waals surface area contributed by atoms with Crippen LogP contribution in [0.4, 0.5) is 0 Å². The summed E-state index contributed by atoms with van der Waals surface area (Å²) in [4.78, 5) is 23.1. The lowest BCUT2D eigenvalue weighted by Gasteiger charge is -2.27. The number of nitrogens with one attached hydrogen (secondary N) is 1. The molecule has 2 rings (SSSR count). The van der Waals surface area contributed by atoms with Crippen molar-refractivity contribution >= 4 is 11.9 Å². The third kappa shape index (κ3) is 2.95. The average molecular weight is 261 g/mol. The van der Waals surface area contributed by atoms with Crippen LogP contribution in [0.3, 0.4) is 0 Å². The smallest absolute Gasteiger partial charge is 0.335 e. The lowest BCUT2D eigenvalue weighted by Crippen LogP contribution is -2.41. The summed E-state index contributed by atoms with van der Waals surface area (Å²) < 4.78 is 0. The zero-order chi connectivity index (χ0) is 14.0. The number of benzene rings is 1. The van der Waals surface area contributed by atoms with Crippen LogP contribution in [0.15, 0.2) is 24.3 Å². The number of carboxylic acids is 1. The molecule has 0 aromatic heterocycles. The number of carboxylic acid groups (broad SMARTS) is 1. The van der Waals surface area contributed by atoms with Crippen molar-refractivity contribution in [3.8, 4) is 0 Å². The van der Waals surface area contributed by atoms with E-state index < -0.39 is 5.97 Å². The Kier molecular flexibility index (Phi) is 3.60. The van der Waals surface area contributed by atoms with Crippen LogP contribution in [-0.4, -0.2) is 23.0 Å². The molecule has 4 nitrogen and oxygen atoms in total. The van der Waals surface area contributed by atoms with E-state index in [1.165, 1.54) is 12.1 Å². The summed E-state index contributed by atoms with van der Waals surface area (Å²) in [7, 11) is 0. The highest BCUT2D eigenvalue weighted by Crippen LogP contribution is 2.37. The van der Waals surface area contributed by atoms with Gasteiger partial charge >= 0.3 is 5.97 Å². The van der Waals surface area contributed by atoms with Gasteiger partial charge in [0.25, 0.3) is 5.91 Å². The van der Waals surface area contributed by atoms with E-state index >= 15 is 0 Å². The van der Waals surface area contributed by atoms with Gasteiger partial charge in [0.2, 0.25) is 0 Å². The first-order valence-electron chi connectivity index (χ1n) is 6.54. The molecule has 1 saturated carbocycles. The van der Waals surface area contributed by atoms with Gasteiger partial charge in [-0.2, -0.15) is 0 Å². The Morgan fingerprint density at radius 3 is 2.58 bits per heavy atom. The van der Waals surface area contributed by atoms with Gasteiger partial charge < -0.3 is 10.4 Å². The van der Waals surface area contributed by atoms with Crippen molar-refractivity contribution in [2.24, 2.45) is 5.41 Å². The van der Waals surface area contributed by atoms with Crippen LogP contribution in [0, 0.1) is 5.41 Å². The van der Waals surface area contributed by atoms with Crippen molar-refractivity contribution in [1.82, 2.24) is 5.32 Å². The van der Waals surface area contributed by atoms with Gasteiger partial charge in [0.15, 0.2) is 0 Å².